The standard InChI is InChI=1S/C15H24N4O/c1-20-12-11-19-8-2-3-15(19)4-9-18(10-5-15)14-13-16-6-7-17-14/h6-7,13H,2-5,8-12H2,1H3. The first kappa shape index (κ1) is 13.8. The van der Waals surface area contributed by atoms with Crippen molar-refractivity contribution in [3.63, 3.8) is 0 Å². The Hall–Kier alpha value is -1.20. The Morgan fingerprint density at radius 2 is 2.05 bits per heavy atom. The molecule has 3 heterocycles. The van der Waals surface area contributed by atoms with Crippen molar-refractivity contribution in [1.82, 2.24) is 14.9 Å². The summed E-state index contributed by atoms with van der Waals surface area (Å²) in [7, 11) is 1.79. The molecule has 5 nitrogen and oxygen atoms in total. The fourth-order valence-electron chi connectivity index (χ4n) is 3.72. The second kappa shape index (κ2) is 6.06. The van der Waals surface area contributed by atoms with Crippen molar-refractivity contribution in [3.05, 3.63) is 18.6 Å². The van der Waals surface area contributed by atoms with Gasteiger partial charge in [-0.1, -0.05) is 0 Å². The maximum absolute atomic E-state index is 5.26. The maximum atomic E-state index is 5.26. The highest BCUT2D eigenvalue weighted by Gasteiger charge is 2.42. The molecule has 110 valence electrons. The second-order valence-electron chi connectivity index (χ2n) is 5.86. The molecule has 0 atom stereocenters. The molecule has 3 rings (SSSR count). The number of aromatic nitrogens is 2. The van der Waals surface area contributed by atoms with Crippen molar-refractivity contribution >= 4 is 5.82 Å². The van der Waals surface area contributed by atoms with Crippen molar-refractivity contribution < 1.29 is 4.74 Å². The predicted octanol–water partition coefficient (Wildman–Crippen LogP) is 1.56. The fraction of sp³-hybridized carbons (Fsp3) is 0.733. The van der Waals surface area contributed by atoms with Crippen LogP contribution in [-0.4, -0.2) is 60.3 Å². The summed E-state index contributed by atoms with van der Waals surface area (Å²) >= 11 is 0. The number of likely N-dealkylation sites (tertiary alicyclic amines) is 1. The van der Waals surface area contributed by atoms with Crippen LogP contribution in [0, 0.1) is 0 Å². The minimum absolute atomic E-state index is 0.414. The zero-order chi connectivity index (χ0) is 13.8. The third kappa shape index (κ3) is 2.65. The lowest BCUT2D eigenvalue weighted by Gasteiger charge is -2.45. The highest BCUT2D eigenvalue weighted by atomic mass is 16.5. The van der Waals surface area contributed by atoms with E-state index in [9.17, 15) is 0 Å². The normalized spacial score (nSPS) is 22.6. The summed E-state index contributed by atoms with van der Waals surface area (Å²) in [6.07, 6.45) is 10.5. The Kier molecular flexibility index (Phi) is 4.17. The summed E-state index contributed by atoms with van der Waals surface area (Å²) < 4.78 is 5.26. The minimum Gasteiger partial charge on any atom is -0.383 e. The van der Waals surface area contributed by atoms with Gasteiger partial charge in [0.25, 0.3) is 0 Å². The molecular weight excluding hydrogens is 252 g/mol. The molecule has 1 spiro atoms. The van der Waals surface area contributed by atoms with Gasteiger partial charge in [0.2, 0.25) is 0 Å². The van der Waals surface area contributed by atoms with E-state index in [4.69, 9.17) is 4.74 Å². The van der Waals surface area contributed by atoms with E-state index in [-0.39, 0.29) is 0 Å². The summed E-state index contributed by atoms with van der Waals surface area (Å²) in [6, 6.07) is 0. The monoisotopic (exact) mass is 276 g/mol. The van der Waals surface area contributed by atoms with Gasteiger partial charge in [0.1, 0.15) is 5.82 Å². The molecule has 0 N–H and O–H groups in total. The van der Waals surface area contributed by atoms with Crippen LogP contribution in [0.1, 0.15) is 25.7 Å². The first-order valence-corrected chi connectivity index (χ1v) is 7.59. The van der Waals surface area contributed by atoms with Crippen LogP contribution in [-0.2, 0) is 4.74 Å². The highest BCUT2D eigenvalue weighted by Crippen LogP contribution is 2.38. The van der Waals surface area contributed by atoms with Gasteiger partial charge in [-0.25, -0.2) is 4.98 Å². The van der Waals surface area contributed by atoms with Gasteiger partial charge in [0.05, 0.1) is 12.8 Å². The Bertz CT molecular complexity index is 417. The lowest BCUT2D eigenvalue weighted by atomic mass is 9.85. The molecule has 0 unspecified atom stereocenters. The smallest absolute Gasteiger partial charge is 0.147 e. The molecule has 0 saturated carbocycles. The van der Waals surface area contributed by atoms with Gasteiger partial charge in [-0.2, -0.15) is 0 Å². The molecule has 1 aromatic rings. The zero-order valence-electron chi connectivity index (χ0n) is 12.3. The average molecular weight is 276 g/mol. The lowest BCUT2D eigenvalue weighted by Crippen LogP contribution is -2.53. The van der Waals surface area contributed by atoms with Gasteiger partial charge in [0, 0.05) is 44.7 Å². The van der Waals surface area contributed by atoms with Crippen LogP contribution in [0.2, 0.25) is 0 Å². The number of anilines is 1. The molecule has 0 bridgehead atoms. The van der Waals surface area contributed by atoms with E-state index in [0.29, 0.717) is 5.54 Å². The Balaban J connectivity index is 1.62. The number of hydrogen-bond donors (Lipinski definition) is 0. The third-order valence-electron chi connectivity index (χ3n) is 4.87. The van der Waals surface area contributed by atoms with Gasteiger partial charge in [-0.3, -0.25) is 9.88 Å². The largest absolute Gasteiger partial charge is 0.383 e. The molecule has 5 heteroatoms. The molecule has 2 fully saturated rings. The van der Waals surface area contributed by atoms with Crippen LogP contribution in [0.3, 0.4) is 0 Å². The molecule has 2 aliphatic rings. The third-order valence-corrected chi connectivity index (χ3v) is 4.87. The summed E-state index contributed by atoms with van der Waals surface area (Å²) in [5, 5.41) is 0. The van der Waals surface area contributed by atoms with Crippen LogP contribution in [0.25, 0.3) is 0 Å². The van der Waals surface area contributed by atoms with Gasteiger partial charge < -0.3 is 9.64 Å². The Morgan fingerprint density at radius 1 is 1.20 bits per heavy atom. The van der Waals surface area contributed by atoms with E-state index >= 15 is 0 Å². The van der Waals surface area contributed by atoms with Crippen LogP contribution in [0.5, 0.6) is 0 Å². The van der Waals surface area contributed by atoms with Gasteiger partial charge in [-0.15, -0.1) is 0 Å². The summed E-state index contributed by atoms with van der Waals surface area (Å²) in [6.45, 7) is 5.32. The summed E-state index contributed by atoms with van der Waals surface area (Å²) in [5.74, 6) is 1.02. The van der Waals surface area contributed by atoms with Gasteiger partial charge in [0.15, 0.2) is 0 Å². The van der Waals surface area contributed by atoms with E-state index in [2.05, 4.69) is 19.8 Å². The molecule has 2 saturated heterocycles. The van der Waals surface area contributed by atoms with Gasteiger partial charge in [-0.05, 0) is 32.2 Å². The number of methoxy groups -OCH3 is 1. The maximum Gasteiger partial charge on any atom is 0.147 e. The van der Waals surface area contributed by atoms with Crippen molar-refractivity contribution in [3.8, 4) is 0 Å². The molecule has 20 heavy (non-hydrogen) atoms. The quantitative estimate of drug-likeness (QED) is 0.835. The zero-order valence-corrected chi connectivity index (χ0v) is 12.3. The van der Waals surface area contributed by atoms with Crippen molar-refractivity contribution in [2.45, 2.75) is 31.2 Å². The first-order valence-electron chi connectivity index (χ1n) is 7.59. The number of nitrogens with zero attached hydrogens (tertiary/aromatic N) is 4. The SMILES string of the molecule is COCCN1CCCC12CCN(c1cnccn1)CC2. The molecule has 2 aliphatic heterocycles. The highest BCUT2D eigenvalue weighted by molar-refractivity contribution is 5.36. The van der Waals surface area contributed by atoms with Crippen LogP contribution < -0.4 is 4.90 Å². The van der Waals surface area contributed by atoms with Crippen molar-refractivity contribution in [2.24, 2.45) is 0 Å². The molecule has 0 aliphatic carbocycles. The van der Waals surface area contributed by atoms with Crippen LogP contribution in [0.4, 0.5) is 5.82 Å². The molecule has 1 aromatic heterocycles. The predicted molar refractivity (Wildman–Crippen MR) is 78.9 cm³/mol. The molecule has 0 amide bonds. The van der Waals surface area contributed by atoms with Crippen molar-refractivity contribution in [1.29, 1.82) is 0 Å². The lowest BCUT2D eigenvalue weighted by molar-refractivity contribution is 0.0718. The molecule has 0 aromatic carbocycles. The fourth-order valence-corrected chi connectivity index (χ4v) is 3.72. The van der Waals surface area contributed by atoms with Crippen LogP contribution >= 0.6 is 0 Å². The molecule has 0 radical (unpaired) electrons. The summed E-state index contributed by atoms with van der Waals surface area (Å²) in [4.78, 5) is 13.6. The topological polar surface area (TPSA) is 41.5 Å². The number of ether oxygens (including phenoxy) is 1. The van der Waals surface area contributed by atoms with Gasteiger partial charge >= 0.3 is 0 Å². The summed E-state index contributed by atoms with van der Waals surface area (Å²) in [5.41, 5.74) is 0.414. The Labute approximate surface area is 121 Å². The van der Waals surface area contributed by atoms with E-state index < -0.39 is 0 Å². The number of piperidine rings is 1. The van der Waals surface area contributed by atoms with E-state index in [1.165, 1.54) is 32.2 Å². The average Bonchev–Trinajstić information content (AvgIpc) is 2.89. The number of hydrogen-bond acceptors (Lipinski definition) is 5. The van der Waals surface area contributed by atoms with E-state index in [1.807, 2.05) is 6.20 Å². The molecular formula is C15H24N4O. The van der Waals surface area contributed by atoms with E-state index in [0.717, 1.165) is 32.1 Å². The van der Waals surface area contributed by atoms with Crippen molar-refractivity contribution in [2.75, 3.05) is 44.8 Å². The number of rotatable bonds is 4. The van der Waals surface area contributed by atoms with Crippen LogP contribution in [0.15, 0.2) is 18.6 Å². The second-order valence-corrected chi connectivity index (χ2v) is 5.86. The first-order chi connectivity index (χ1) is 9.84. The van der Waals surface area contributed by atoms with E-state index in [1.54, 1.807) is 19.5 Å². The Morgan fingerprint density at radius 3 is 2.75 bits per heavy atom. The minimum atomic E-state index is 0.414.